The monoisotopic (exact) mass is 347 g/mol. The zero-order valence-corrected chi connectivity index (χ0v) is 13.2. The van der Waals surface area contributed by atoms with Crippen LogP contribution in [0.4, 0.5) is 5.69 Å². The van der Waals surface area contributed by atoms with Crippen molar-refractivity contribution in [2.75, 3.05) is 12.3 Å². The van der Waals surface area contributed by atoms with E-state index in [1.54, 1.807) is 0 Å². The van der Waals surface area contributed by atoms with E-state index < -0.39 is 0 Å². The molecule has 0 aliphatic rings. The summed E-state index contributed by atoms with van der Waals surface area (Å²) >= 11 is 3.41. The van der Waals surface area contributed by atoms with Gasteiger partial charge in [-0.15, -0.1) is 0 Å². The number of primary amides is 1. The normalized spacial score (nSPS) is 10.8. The first-order valence-electron chi connectivity index (χ1n) is 6.63. The molecule has 0 saturated heterocycles. The van der Waals surface area contributed by atoms with E-state index in [0.717, 1.165) is 21.3 Å². The van der Waals surface area contributed by atoms with Gasteiger partial charge in [-0.25, -0.2) is 0 Å². The van der Waals surface area contributed by atoms with Gasteiger partial charge >= 0.3 is 0 Å². The molecule has 21 heavy (non-hydrogen) atoms. The predicted octanol–water partition coefficient (Wildman–Crippen LogP) is 2.52. The van der Waals surface area contributed by atoms with Gasteiger partial charge in [0.2, 0.25) is 5.91 Å². The van der Waals surface area contributed by atoms with Gasteiger partial charge in [0.15, 0.2) is 0 Å². The van der Waals surface area contributed by atoms with E-state index in [0.29, 0.717) is 13.1 Å². The number of nitrogens with zero attached hydrogens (tertiary/aromatic N) is 1. The number of carbonyl (C=O) groups excluding carboxylic acids is 1. The Morgan fingerprint density at radius 2 is 1.71 bits per heavy atom. The van der Waals surface area contributed by atoms with Crippen LogP contribution >= 0.6 is 15.9 Å². The van der Waals surface area contributed by atoms with Crippen molar-refractivity contribution in [2.24, 2.45) is 5.73 Å². The van der Waals surface area contributed by atoms with Crippen molar-refractivity contribution in [1.82, 2.24) is 4.90 Å². The molecule has 2 aromatic rings. The molecule has 0 unspecified atom stereocenters. The zero-order valence-electron chi connectivity index (χ0n) is 11.6. The Hall–Kier alpha value is -1.85. The van der Waals surface area contributed by atoms with Crippen molar-refractivity contribution < 1.29 is 4.79 Å². The zero-order chi connectivity index (χ0) is 15.2. The van der Waals surface area contributed by atoms with Gasteiger partial charge in [-0.1, -0.05) is 46.3 Å². The van der Waals surface area contributed by atoms with Crippen LogP contribution in [-0.2, 0) is 17.9 Å². The number of hydrogen-bond acceptors (Lipinski definition) is 3. The van der Waals surface area contributed by atoms with E-state index in [1.807, 2.05) is 53.4 Å². The minimum atomic E-state index is -0.346. The van der Waals surface area contributed by atoms with Gasteiger partial charge in [-0.05, 0) is 29.3 Å². The average molecular weight is 348 g/mol. The van der Waals surface area contributed by atoms with Gasteiger partial charge in [-0.2, -0.15) is 0 Å². The average Bonchev–Trinajstić information content (AvgIpc) is 2.43. The number of halogens is 1. The number of nitrogens with two attached hydrogens (primary N) is 2. The maximum absolute atomic E-state index is 11.3. The molecule has 110 valence electrons. The van der Waals surface area contributed by atoms with Crippen LogP contribution in [0, 0.1) is 0 Å². The Kier molecular flexibility index (Phi) is 5.36. The Morgan fingerprint density at radius 1 is 1.05 bits per heavy atom. The van der Waals surface area contributed by atoms with E-state index in [4.69, 9.17) is 11.5 Å². The van der Waals surface area contributed by atoms with Crippen LogP contribution in [0.5, 0.6) is 0 Å². The molecule has 2 aromatic carbocycles. The number of hydrogen-bond donors (Lipinski definition) is 2. The Labute approximate surface area is 132 Å². The molecular formula is C16H18BrN3O. The SMILES string of the molecule is NC(=O)CN(Cc1ccc(Br)cc1)Cc1ccccc1N. The first-order chi connectivity index (χ1) is 10.0. The van der Waals surface area contributed by atoms with Gasteiger partial charge < -0.3 is 11.5 Å². The predicted molar refractivity (Wildman–Crippen MR) is 88.3 cm³/mol. The molecule has 5 heteroatoms. The molecular weight excluding hydrogens is 330 g/mol. The summed E-state index contributed by atoms with van der Waals surface area (Å²) in [4.78, 5) is 13.3. The summed E-state index contributed by atoms with van der Waals surface area (Å²) in [6.07, 6.45) is 0. The van der Waals surface area contributed by atoms with Gasteiger partial charge in [-0.3, -0.25) is 9.69 Å². The Bertz CT molecular complexity index is 613. The molecule has 0 aromatic heterocycles. The number of rotatable bonds is 6. The van der Waals surface area contributed by atoms with Crippen LogP contribution in [-0.4, -0.2) is 17.4 Å². The lowest BCUT2D eigenvalue weighted by molar-refractivity contribution is -0.119. The first-order valence-corrected chi connectivity index (χ1v) is 7.42. The molecule has 0 spiro atoms. The van der Waals surface area contributed by atoms with Crippen molar-refractivity contribution in [3.8, 4) is 0 Å². The fourth-order valence-corrected chi connectivity index (χ4v) is 2.42. The van der Waals surface area contributed by atoms with Crippen LogP contribution in [0.1, 0.15) is 11.1 Å². The fourth-order valence-electron chi connectivity index (χ4n) is 2.16. The van der Waals surface area contributed by atoms with E-state index in [1.165, 1.54) is 0 Å². The molecule has 2 rings (SSSR count). The topological polar surface area (TPSA) is 72.4 Å². The molecule has 1 amide bonds. The highest BCUT2D eigenvalue weighted by Crippen LogP contribution is 2.16. The maximum atomic E-state index is 11.3. The summed E-state index contributed by atoms with van der Waals surface area (Å²) in [6, 6.07) is 15.7. The van der Waals surface area contributed by atoms with Crippen LogP contribution in [0.15, 0.2) is 53.0 Å². The van der Waals surface area contributed by atoms with Crippen LogP contribution < -0.4 is 11.5 Å². The smallest absolute Gasteiger partial charge is 0.231 e. The number of benzene rings is 2. The molecule has 0 aliphatic carbocycles. The number of carbonyl (C=O) groups is 1. The van der Waals surface area contributed by atoms with Crippen molar-refractivity contribution in [1.29, 1.82) is 0 Å². The molecule has 0 fully saturated rings. The van der Waals surface area contributed by atoms with E-state index in [-0.39, 0.29) is 12.5 Å². The second-order valence-electron chi connectivity index (χ2n) is 4.94. The number of anilines is 1. The lowest BCUT2D eigenvalue weighted by atomic mass is 10.1. The third kappa shape index (κ3) is 4.88. The minimum Gasteiger partial charge on any atom is -0.398 e. The summed E-state index contributed by atoms with van der Waals surface area (Å²) < 4.78 is 1.03. The molecule has 0 aliphatic heterocycles. The lowest BCUT2D eigenvalue weighted by Gasteiger charge is -2.21. The van der Waals surface area contributed by atoms with Gasteiger partial charge in [0.25, 0.3) is 0 Å². The molecule has 0 heterocycles. The largest absolute Gasteiger partial charge is 0.398 e. The van der Waals surface area contributed by atoms with Crippen LogP contribution in [0.2, 0.25) is 0 Å². The second kappa shape index (κ2) is 7.24. The van der Waals surface area contributed by atoms with Crippen molar-refractivity contribution >= 4 is 27.5 Å². The number of nitrogen functional groups attached to an aromatic ring is 1. The van der Waals surface area contributed by atoms with Gasteiger partial charge in [0.1, 0.15) is 0 Å². The highest BCUT2D eigenvalue weighted by Gasteiger charge is 2.11. The van der Waals surface area contributed by atoms with E-state index in [2.05, 4.69) is 15.9 Å². The lowest BCUT2D eigenvalue weighted by Crippen LogP contribution is -2.33. The highest BCUT2D eigenvalue weighted by atomic mass is 79.9. The molecule has 0 saturated carbocycles. The molecule has 4 nitrogen and oxygen atoms in total. The maximum Gasteiger partial charge on any atom is 0.231 e. The Balaban J connectivity index is 2.12. The van der Waals surface area contributed by atoms with Gasteiger partial charge in [0, 0.05) is 23.2 Å². The first kappa shape index (κ1) is 15.5. The van der Waals surface area contributed by atoms with Crippen molar-refractivity contribution in [2.45, 2.75) is 13.1 Å². The quantitative estimate of drug-likeness (QED) is 0.788. The Morgan fingerprint density at radius 3 is 2.33 bits per heavy atom. The van der Waals surface area contributed by atoms with Crippen LogP contribution in [0.3, 0.4) is 0 Å². The van der Waals surface area contributed by atoms with E-state index >= 15 is 0 Å². The van der Waals surface area contributed by atoms with Crippen molar-refractivity contribution in [3.05, 3.63) is 64.1 Å². The number of amides is 1. The molecule has 4 N–H and O–H groups in total. The minimum absolute atomic E-state index is 0.199. The van der Waals surface area contributed by atoms with Gasteiger partial charge in [0.05, 0.1) is 6.54 Å². The summed E-state index contributed by atoms with van der Waals surface area (Å²) in [5.41, 5.74) is 14.1. The standard InChI is InChI=1S/C16H18BrN3O/c17-14-7-5-12(6-8-14)9-20(11-16(19)21)10-13-3-1-2-4-15(13)18/h1-8H,9-11,18H2,(H2,19,21). The van der Waals surface area contributed by atoms with Crippen LogP contribution in [0.25, 0.3) is 0 Å². The summed E-state index contributed by atoms with van der Waals surface area (Å²) in [5, 5.41) is 0. The number of para-hydroxylation sites is 1. The second-order valence-corrected chi connectivity index (χ2v) is 5.85. The summed E-state index contributed by atoms with van der Waals surface area (Å²) in [5.74, 6) is -0.346. The third-order valence-electron chi connectivity index (χ3n) is 3.15. The molecule has 0 bridgehead atoms. The molecule has 0 atom stereocenters. The van der Waals surface area contributed by atoms with E-state index in [9.17, 15) is 4.79 Å². The summed E-state index contributed by atoms with van der Waals surface area (Å²) in [7, 11) is 0. The van der Waals surface area contributed by atoms with Crippen molar-refractivity contribution in [3.63, 3.8) is 0 Å². The fraction of sp³-hybridized carbons (Fsp3) is 0.188. The summed E-state index contributed by atoms with van der Waals surface area (Å²) in [6.45, 7) is 1.43. The molecule has 0 radical (unpaired) electrons. The highest BCUT2D eigenvalue weighted by molar-refractivity contribution is 9.10. The third-order valence-corrected chi connectivity index (χ3v) is 3.68.